The minimum Gasteiger partial charge on any atom is -0.453 e. The van der Waals surface area contributed by atoms with Crippen LogP contribution in [0.1, 0.15) is 68.8 Å². The van der Waals surface area contributed by atoms with Crippen LogP contribution in [0, 0.1) is 5.92 Å². The molecule has 1 spiro atoms. The molecule has 3 saturated heterocycles. The molecule has 14 heteroatoms. The summed E-state index contributed by atoms with van der Waals surface area (Å²) in [7, 11) is 1.29. The molecule has 302 valence electrons. The van der Waals surface area contributed by atoms with Gasteiger partial charge in [-0.05, 0) is 46.6 Å². The molecule has 8 rings (SSSR count). The van der Waals surface area contributed by atoms with Crippen LogP contribution in [0.2, 0.25) is 0 Å². The molecule has 3 atom stereocenters. The number of alkyl carbamates (subject to hydrolysis) is 1. The second-order valence-electron chi connectivity index (χ2n) is 15.4. The molecule has 5 aromatic rings. The van der Waals surface area contributed by atoms with E-state index in [1.54, 1.807) is 17.3 Å². The van der Waals surface area contributed by atoms with Gasteiger partial charge in [0, 0.05) is 19.4 Å². The van der Waals surface area contributed by atoms with Gasteiger partial charge in [-0.3, -0.25) is 9.69 Å². The predicted octanol–water partition coefficient (Wildman–Crippen LogP) is 7.39. The zero-order valence-corrected chi connectivity index (χ0v) is 33.0. The van der Waals surface area contributed by atoms with E-state index in [0.717, 1.165) is 57.9 Å². The zero-order chi connectivity index (χ0) is 40.2. The summed E-state index contributed by atoms with van der Waals surface area (Å²) in [5.74, 6) is 1.12. The molecule has 3 fully saturated rings. The first kappa shape index (κ1) is 38.9. The molecule has 14 nitrogen and oxygen atoms in total. The standard InChI is InChI=1S/C44H49N7O7/c1-28(2)38(49-42(53)55-3)41(52)50-21-7-10-36(50)39-45-24-34(47-39)32-15-11-30(12-16-32)31-13-17-33(18-14-31)35-25-46-40(48-35)37-27-58-44(19-22-56-23-20-44)51(37)43(54)57-26-29-8-5-4-6-9-29/h4-6,8-9,11-18,24-25,28,36-38H,7,10,19-23,26-27H2,1-3H3,(H,45,47)(H,46,48)(H,49,53)/t36-,37-,38-/m0/s1. The number of aromatic amines is 2. The van der Waals surface area contributed by atoms with Crippen LogP contribution in [0.3, 0.4) is 0 Å². The summed E-state index contributed by atoms with van der Waals surface area (Å²) in [4.78, 5) is 59.1. The molecule has 0 saturated carbocycles. The highest BCUT2D eigenvalue weighted by Crippen LogP contribution is 2.43. The first-order valence-electron chi connectivity index (χ1n) is 19.9. The van der Waals surface area contributed by atoms with Crippen molar-refractivity contribution in [1.82, 2.24) is 35.1 Å². The van der Waals surface area contributed by atoms with Gasteiger partial charge in [0.05, 0.1) is 56.8 Å². The fourth-order valence-electron chi connectivity index (χ4n) is 8.20. The average molecular weight is 788 g/mol. The summed E-state index contributed by atoms with van der Waals surface area (Å²) in [6.45, 7) is 5.87. The van der Waals surface area contributed by atoms with E-state index in [0.29, 0.717) is 45.0 Å². The largest absolute Gasteiger partial charge is 0.453 e. The van der Waals surface area contributed by atoms with Crippen LogP contribution in [0.15, 0.2) is 91.3 Å². The molecule has 58 heavy (non-hydrogen) atoms. The summed E-state index contributed by atoms with van der Waals surface area (Å²) in [6.07, 6.45) is 5.28. The van der Waals surface area contributed by atoms with Crippen LogP contribution in [0.25, 0.3) is 33.6 Å². The lowest BCUT2D eigenvalue weighted by atomic mass is 10.0. The molecule has 3 aromatic carbocycles. The van der Waals surface area contributed by atoms with Crippen molar-refractivity contribution in [3.05, 3.63) is 108 Å². The van der Waals surface area contributed by atoms with Gasteiger partial charge in [-0.25, -0.2) is 19.6 Å². The minimum atomic E-state index is -0.805. The molecule has 3 aliphatic rings. The van der Waals surface area contributed by atoms with Crippen LogP contribution in [0.5, 0.6) is 0 Å². The third-order valence-electron chi connectivity index (χ3n) is 11.4. The van der Waals surface area contributed by atoms with Gasteiger partial charge in [-0.15, -0.1) is 0 Å². The minimum absolute atomic E-state index is 0.105. The smallest absolute Gasteiger partial charge is 0.413 e. The first-order valence-corrected chi connectivity index (χ1v) is 19.9. The molecule has 2 aromatic heterocycles. The fraction of sp³-hybridized carbons (Fsp3) is 0.386. The quantitative estimate of drug-likeness (QED) is 0.131. The lowest BCUT2D eigenvalue weighted by Gasteiger charge is -2.40. The molecule has 0 radical (unpaired) electrons. The van der Waals surface area contributed by atoms with Gasteiger partial charge in [0.1, 0.15) is 30.3 Å². The number of hydrogen-bond donors (Lipinski definition) is 3. The Morgan fingerprint density at radius 3 is 2.02 bits per heavy atom. The number of hydrogen-bond acceptors (Lipinski definition) is 9. The zero-order valence-electron chi connectivity index (χ0n) is 33.0. The van der Waals surface area contributed by atoms with E-state index in [1.807, 2.05) is 49.1 Å². The van der Waals surface area contributed by atoms with Crippen LogP contribution in [0.4, 0.5) is 9.59 Å². The molecule has 5 heterocycles. The van der Waals surface area contributed by atoms with Gasteiger partial charge in [0.15, 0.2) is 5.72 Å². The number of benzene rings is 3. The number of methoxy groups -OCH3 is 1. The van der Waals surface area contributed by atoms with E-state index in [1.165, 1.54) is 7.11 Å². The highest BCUT2D eigenvalue weighted by atomic mass is 16.6. The number of imidazole rings is 2. The molecule has 3 amide bonds. The number of H-pyrrole nitrogens is 2. The van der Waals surface area contributed by atoms with Crippen molar-refractivity contribution in [2.45, 2.75) is 70.0 Å². The highest BCUT2D eigenvalue weighted by molar-refractivity contribution is 5.86. The maximum absolute atomic E-state index is 13.7. The van der Waals surface area contributed by atoms with Crippen molar-refractivity contribution in [2.75, 3.05) is 33.5 Å². The Kier molecular flexibility index (Phi) is 11.3. The summed E-state index contributed by atoms with van der Waals surface area (Å²) in [5, 5.41) is 2.70. The van der Waals surface area contributed by atoms with Gasteiger partial charge in [-0.2, -0.15) is 0 Å². The lowest BCUT2D eigenvalue weighted by Crippen LogP contribution is -2.52. The normalized spacial score (nSPS) is 19.4. The summed E-state index contributed by atoms with van der Waals surface area (Å²) in [6, 6.07) is 24.8. The van der Waals surface area contributed by atoms with Crippen molar-refractivity contribution in [3.8, 4) is 33.6 Å². The van der Waals surface area contributed by atoms with E-state index in [2.05, 4.69) is 68.8 Å². The van der Waals surface area contributed by atoms with Gasteiger partial charge >= 0.3 is 12.2 Å². The maximum atomic E-state index is 13.7. The predicted molar refractivity (Wildman–Crippen MR) is 215 cm³/mol. The number of nitrogens with one attached hydrogen (secondary N) is 3. The van der Waals surface area contributed by atoms with Crippen LogP contribution < -0.4 is 5.32 Å². The Morgan fingerprint density at radius 1 is 0.845 bits per heavy atom. The molecule has 3 N–H and O–H groups in total. The topological polar surface area (TPSA) is 164 Å². The van der Waals surface area contributed by atoms with Crippen molar-refractivity contribution >= 4 is 18.1 Å². The van der Waals surface area contributed by atoms with Crippen molar-refractivity contribution in [3.63, 3.8) is 0 Å². The number of carbonyl (C=O) groups excluding carboxylic acids is 3. The van der Waals surface area contributed by atoms with Crippen molar-refractivity contribution < 1.29 is 33.3 Å². The Bertz CT molecular complexity index is 2200. The van der Waals surface area contributed by atoms with Crippen molar-refractivity contribution in [1.29, 1.82) is 0 Å². The van der Waals surface area contributed by atoms with Gasteiger partial charge in [0.25, 0.3) is 0 Å². The van der Waals surface area contributed by atoms with E-state index in [9.17, 15) is 14.4 Å². The summed E-state index contributed by atoms with van der Waals surface area (Å²) in [5.41, 5.74) is 5.85. The van der Waals surface area contributed by atoms with Crippen LogP contribution >= 0.6 is 0 Å². The maximum Gasteiger partial charge on any atom is 0.413 e. The summed E-state index contributed by atoms with van der Waals surface area (Å²) < 4.78 is 22.6. The van der Waals surface area contributed by atoms with Crippen LogP contribution in [-0.2, 0) is 30.3 Å². The SMILES string of the molecule is COC(=O)N[C@H](C(=O)N1CCC[C@H]1c1ncc(-c2ccc(-c3ccc(-c4cnc([C@@H]5COC6(CCOCC6)N5C(=O)OCc5ccccc5)[nH]4)cc3)cc2)[nH]1)C(C)C. The van der Waals surface area contributed by atoms with E-state index >= 15 is 0 Å². The van der Waals surface area contributed by atoms with E-state index in [-0.39, 0.29) is 24.5 Å². The second-order valence-corrected chi connectivity index (χ2v) is 15.4. The Hall–Kier alpha value is -5.99. The average Bonchev–Trinajstić information content (AvgIpc) is 4.09. The molecule has 0 aliphatic carbocycles. The Balaban J connectivity index is 0.932. The number of nitrogens with zero attached hydrogens (tertiary/aromatic N) is 4. The number of aromatic nitrogens is 4. The summed E-state index contributed by atoms with van der Waals surface area (Å²) >= 11 is 0. The Labute approximate surface area is 337 Å². The third-order valence-corrected chi connectivity index (χ3v) is 11.4. The number of carbonyl (C=O) groups is 3. The fourth-order valence-corrected chi connectivity index (χ4v) is 8.20. The number of rotatable bonds is 10. The van der Waals surface area contributed by atoms with E-state index < -0.39 is 30.0 Å². The number of ether oxygens (including phenoxy) is 4. The van der Waals surface area contributed by atoms with Gasteiger partial charge in [0.2, 0.25) is 5.91 Å². The Morgan fingerprint density at radius 2 is 1.43 bits per heavy atom. The molecule has 3 aliphatic heterocycles. The monoisotopic (exact) mass is 787 g/mol. The van der Waals surface area contributed by atoms with Gasteiger partial charge < -0.3 is 39.1 Å². The van der Waals surface area contributed by atoms with Gasteiger partial charge in [-0.1, -0.05) is 92.7 Å². The molecule has 0 bridgehead atoms. The first-order chi connectivity index (χ1) is 28.2. The molecular weight excluding hydrogens is 739 g/mol. The molecule has 0 unspecified atom stereocenters. The third kappa shape index (κ3) is 7.94. The molecular formula is C44H49N7O7. The number of likely N-dealkylation sites (tertiary alicyclic amines) is 1. The van der Waals surface area contributed by atoms with E-state index in [4.69, 9.17) is 23.9 Å². The van der Waals surface area contributed by atoms with Crippen molar-refractivity contribution in [2.24, 2.45) is 5.92 Å². The second kappa shape index (κ2) is 16.9. The van der Waals surface area contributed by atoms with Crippen LogP contribution in [-0.4, -0.2) is 93.1 Å². The number of amides is 3. The highest BCUT2D eigenvalue weighted by Gasteiger charge is 2.53. The lowest BCUT2D eigenvalue weighted by molar-refractivity contribution is -0.137.